The zero-order chi connectivity index (χ0) is 14.9. The molecule has 0 heterocycles. The third-order valence-electron chi connectivity index (χ3n) is 4.52. The number of nitrogens with one attached hydrogen (secondary N) is 1. The van der Waals surface area contributed by atoms with E-state index in [9.17, 15) is 0 Å². The summed E-state index contributed by atoms with van der Waals surface area (Å²) >= 11 is 0. The first kappa shape index (κ1) is 19.1. The van der Waals surface area contributed by atoms with E-state index in [2.05, 4.69) is 44.2 Å². The minimum Gasteiger partial charge on any atom is -1.00 e. The van der Waals surface area contributed by atoms with Crippen LogP contribution in [0.2, 0.25) is 0 Å². The summed E-state index contributed by atoms with van der Waals surface area (Å²) in [5.74, 6) is 1.17. The molecule has 0 saturated heterocycles. The molecule has 1 aromatic carbocycles. The molecule has 1 aliphatic rings. The van der Waals surface area contributed by atoms with Crippen LogP contribution in [-0.4, -0.2) is 26.2 Å². The van der Waals surface area contributed by atoms with Gasteiger partial charge in [-0.05, 0) is 45.1 Å². The number of ether oxygens (including phenoxy) is 1. The lowest BCUT2D eigenvalue weighted by atomic mass is 9.92. The van der Waals surface area contributed by atoms with Crippen LogP contribution in [0.3, 0.4) is 0 Å². The molecular weight excluding hydrogens is 294 g/mol. The lowest BCUT2D eigenvalue weighted by Crippen LogP contribution is -3.11. The summed E-state index contributed by atoms with van der Waals surface area (Å²) < 4.78 is 6.26. The van der Waals surface area contributed by atoms with Gasteiger partial charge in [-0.3, -0.25) is 0 Å². The van der Waals surface area contributed by atoms with Gasteiger partial charge < -0.3 is 22.0 Å². The highest BCUT2D eigenvalue weighted by Crippen LogP contribution is 2.31. The Kier molecular flexibility index (Phi) is 9.26. The van der Waals surface area contributed by atoms with Gasteiger partial charge in [0.1, 0.15) is 18.9 Å². The number of halogens is 1. The van der Waals surface area contributed by atoms with Crippen molar-refractivity contribution in [2.75, 3.05) is 26.2 Å². The van der Waals surface area contributed by atoms with Gasteiger partial charge in [-0.2, -0.15) is 0 Å². The molecule has 0 aliphatic heterocycles. The van der Waals surface area contributed by atoms with E-state index in [4.69, 9.17) is 4.74 Å². The van der Waals surface area contributed by atoms with Crippen LogP contribution in [0.4, 0.5) is 0 Å². The Morgan fingerprint density at radius 1 is 1.00 bits per heavy atom. The van der Waals surface area contributed by atoms with Crippen LogP contribution < -0.4 is 17.3 Å². The van der Waals surface area contributed by atoms with Crippen molar-refractivity contribution in [2.24, 2.45) is 0 Å². The number of benzene rings is 1. The van der Waals surface area contributed by atoms with Gasteiger partial charge in [0.15, 0.2) is 0 Å². The molecule has 0 unspecified atom stereocenters. The molecular formula is C19H30ClNO. The van der Waals surface area contributed by atoms with Gasteiger partial charge in [-0.15, -0.1) is 0 Å². The van der Waals surface area contributed by atoms with E-state index in [1.807, 2.05) is 0 Å². The first-order chi connectivity index (χ1) is 10.3. The summed E-state index contributed by atoms with van der Waals surface area (Å²) in [6, 6.07) is 10.7. The van der Waals surface area contributed by atoms with E-state index in [-0.39, 0.29) is 12.4 Å². The first-order valence-electron chi connectivity index (χ1n) is 8.59. The predicted molar refractivity (Wildman–Crippen MR) is 89.3 cm³/mol. The Morgan fingerprint density at radius 2 is 1.64 bits per heavy atom. The normalized spacial score (nSPS) is 14.6. The molecule has 1 aromatic rings. The zero-order valence-corrected chi connectivity index (χ0v) is 14.8. The minimum atomic E-state index is 0. The fraction of sp³-hybridized carbons (Fsp3) is 0.579. The molecule has 3 heteroatoms. The number of likely N-dealkylation sites (N-methyl/N-ethyl adjacent to an activating group) is 1. The van der Waals surface area contributed by atoms with E-state index >= 15 is 0 Å². The monoisotopic (exact) mass is 323 g/mol. The molecule has 2 nitrogen and oxygen atoms in total. The second-order valence-corrected chi connectivity index (χ2v) is 5.91. The maximum Gasteiger partial charge on any atom is 0.137 e. The Bertz CT molecular complexity index is 432. The highest BCUT2D eigenvalue weighted by molar-refractivity contribution is 5.63. The Hall–Kier alpha value is -0.990. The van der Waals surface area contributed by atoms with Crippen molar-refractivity contribution in [3.05, 3.63) is 41.5 Å². The van der Waals surface area contributed by atoms with Gasteiger partial charge >= 0.3 is 0 Å². The summed E-state index contributed by atoms with van der Waals surface area (Å²) in [5.41, 5.74) is 2.78. The molecule has 1 aliphatic carbocycles. The van der Waals surface area contributed by atoms with Crippen LogP contribution in [0.5, 0.6) is 0 Å². The summed E-state index contributed by atoms with van der Waals surface area (Å²) in [4.78, 5) is 1.61. The summed E-state index contributed by atoms with van der Waals surface area (Å²) in [7, 11) is 0. The number of hydrogen-bond donors (Lipinski definition) is 1. The summed E-state index contributed by atoms with van der Waals surface area (Å²) in [6.45, 7) is 8.77. The SMILES string of the molecule is CC[NH+](CC)CCOC(=C1CCCCC1)c1ccccc1.[Cl-]. The number of rotatable bonds is 7. The van der Waals surface area contributed by atoms with E-state index in [1.165, 1.54) is 62.1 Å². The van der Waals surface area contributed by atoms with Gasteiger partial charge in [-0.25, -0.2) is 0 Å². The Morgan fingerprint density at radius 3 is 2.23 bits per heavy atom. The van der Waals surface area contributed by atoms with E-state index in [0.717, 1.165) is 13.2 Å². The molecule has 1 saturated carbocycles. The lowest BCUT2D eigenvalue weighted by Gasteiger charge is -2.21. The van der Waals surface area contributed by atoms with Gasteiger partial charge in [-0.1, -0.05) is 36.8 Å². The van der Waals surface area contributed by atoms with Crippen molar-refractivity contribution >= 4 is 5.76 Å². The topological polar surface area (TPSA) is 13.7 Å². The Labute approximate surface area is 142 Å². The van der Waals surface area contributed by atoms with Gasteiger partial charge in [0.25, 0.3) is 0 Å². The summed E-state index contributed by atoms with van der Waals surface area (Å²) in [6.07, 6.45) is 6.42. The zero-order valence-electron chi connectivity index (χ0n) is 14.0. The fourth-order valence-electron chi connectivity index (χ4n) is 3.09. The average Bonchev–Trinajstić information content (AvgIpc) is 2.57. The second kappa shape index (κ2) is 10.7. The van der Waals surface area contributed by atoms with Crippen LogP contribution in [0.1, 0.15) is 51.5 Å². The smallest absolute Gasteiger partial charge is 0.137 e. The molecule has 0 amide bonds. The van der Waals surface area contributed by atoms with E-state index < -0.39 is 0 Å². The number of allylic oxidation sites excluding steroid dienone is 1. The molecule has 0 spiro atoms. The Balaban J connectivity index is 0.00000242. The molecule has 2 rings (SSSR count). The van der Waals surface area contributed by atoms with Crippen LogP contribution in [0.15, 0.2) is 35.9 Å². The highest BCUT2D eigenvalue weighted by atomic mass is 35.5. The fourth-order valence-corrected chi connectivity index (χ4v) is 3.09. The van der Waals surface area contributed by atoms with Gasteiger partial charge in [0.2, 0.25) is 0 Å². The molecule has 0 atom stereocenters. The molecule has 22 heavy (non-hydrogen) atoms. The van der Waals surface area contributed by atoms with Crippen molar-refractivity contribution in [1.82, 2.24) is 0 Å². The van der Waals surface area contributed by atoms with Crippen molar-refractivity contribution < 1.29 is 22.0 Å². The molecule has 1 fully saturated rings. The molecule has 124 valence electrons. The standard InChI is InChI=1S/C19H29NO.ClH/c1-3-20(4-2)15-16-21-19(17-11-7-5-8-12-17)18-13-9-6-10-14-18;/h5,7-8,11-12H,3-4,6,9-10,13-16H2,1-2H3;1H. The molecule has 0 bridgehead atoms. The summed E-state index contributed by atoms with van der Waals surface area (Å²) in [5, 5.41) is 0. The van der Waals surface area contributed by atoms with Crippen LogP contribution in [-0.2, 0) is 4.74 Å². The van der Waals surface area contributed by atoms with Crippen LogP contribution in [0, 0.1) is 0 Å². The third-order valence-corrected chi connectivity index (χ3v) is 4.52. The maximum absolute atomic E-state index is 6.26. The molecule has 0 aromatic heterocycles. The third kappa shape index (κ3) is 5.66. The maximum atomic E-state index is 6.26. The van der Waals surface area contributed by atoms with Gasteiger partial charge in [0, 0.05) is 5.56 Å². The second-order valence-electron chi connectivity index (χ2n) is 5.91. The van der Waals surface area contributed by atoms with Crippen molar-refractivity contribution in [3.8, 4) is 0 Å². The molecule has 1 N–H and O–H groups in total. The van der Waals surface area contributed by atoms with E-state index in [1.54, 1.807) is 4.90 Å². The van der Waals surface area contributed by atoms with Crippen molar-refractivity contribution in [1.29, 1.82) is 0 Å². The van der Waals surface area contributed by atoms with E-state index in [0.29, 0.717) is 0 Å². The highest BCUT2D eigenvalue weighted by Gasteiger charge is 2.15. The van der Waals surface area contributed by atoms with Gasteiger partial charge in [0.05, 0.1) is 13.1 Å². The average molecular weight is 324 g/mol. The first-order valence-corrected chi connectivity index (χ1v) is 8.59. The number of quaternary nitrogens is 1. The predicted octanol–water partition coefficient (Wildman–Crippen LogP) is 0.307. The largest absolute Gasteiger partial charge is 1.00 e. The minimum absolute atomic E-state index is 0. The van der Waals surface area contributed by atoms with Crippen molar-refractivity contribution in [2.45, 2.75) is 46.0 Å². The lowest BCUT2D eigenvalue weighted by molar-refractivity contribution is -0.896. The quantitative estimate of drug-likeness (QED) is 0.713. The number of hydrogen-bond acceptors (Lipinski definition) is 1. The van der Waals surface area contributed by atoms with Crippen LogP contribution >= 0.6 is 0 Å². The van der Waals surface area contributed by atoms with Crippen LogP contribution in [0.25, 0.3) is 5.76 Å². The molecule has 0 radical (unpaired) electrons. The van der Waals surface area contributed by atoms with Crippen molar-refractivity contribution in [3.63, 3.8) is 0 Å².